The van der Waals surface area contributed by atoms with E-state index < -0.39 is 10.2 Å². The van der Waals surface area contributed by atoms with Gasteiger partial charge in [0.05, 0.1) is 11.4 Å². The molecule has 1 aromatic rings. The zero-order chi connectivity index (χ0) is 10.3. The highest BCUT2D eigenvalue weighted by Gasteiger charge is 2.30. The summed E-state index contributed by atoms with van der Waals surface area (Å²) in [5, 5.41) is 0. The summed E-state index contributed by atoms with van der Waals surface area (Å²) in [6.07, 6.45) is 0. The van der Waals surface area contributed by atoms with Crippen molar-refractivity contribution in [1.82, 2.24) is 0 Å². The van der Waals surface area contributed by atoms with E-state index in [4.69, 9.17) is 0 Å². The van der Waals surface area contributed by atoms with E-state index in [-0.39, 0.29) is 0 Å². The molecule has 6 heteroatoms. The van der Waals surface area contributed by atoms with Gasteiger partial charge in [-0.1, -0.05) is 15.9 Å². The third-order valence-corrected chi connectivity index (χ3v) is 4.05. The van der Waals surface area contributed by atoms with Crippen LogP contribution in [0.3, 0.4) is 0 Å². The van der Waals surface area contributed by atoms with Crippen LogP contribution in [0.4, 0.5) is 11.4 Å². The fraction of sp³-hybridized carbons (Fsp3) is 0.250. The molecular formula is C8H9BrN2O2S. The molecule has 0 spiro atoms. The van der Waals surface area contributed by atoms with Crippen molar-refractivity contribution in [2.75, 3.05) is 15.6 Å². The first kappa shape index (κ1) is 9.79. The van der Waals surface area contributed by atoms with Gasteiger partial charge in [-0.05, 0) is 25.1 Å². The minimum absolute atomic E-state index is 0.434. The number of anilines is 2. The van der Waals surface area contributed by atoms with Gasteiger partial charge in [0.25, 0.3) is 0 Å². The smallest absolute Gasteiger partial charge is 0.264 e. The Balaban J connectivity index is 2.59. The maximum Gasteiger partial charge on any atom is 0.324 e. The van der Waals surface area contributed by atoms with Crippen LogP contribution in [0.15, 0.2) is 22.7 Å². The van der Waals surface area contributed by atoms with E-state index in [0.29, 0.717) is 17.9 Å². The normalized spacial score (nSPS) is 17.7. The fourth-order valence-electron chi connectivity index (χ4n) is 1.47. The predicted molar refractivity (Wildman–Crippen MR) is 59.7 cm³/mol. The van der Waals surface area contributed by atoms with E-state index >= 15 is 0 Å². The summed E-state index contributed by atoms with van der Waals surface area (Å²) in [6, 6.07) is 5.35. The molecule has 1 aromatic carbocycles. The van der Waals surface area contributed by atoms with Gasteiger partial charge in [-0.2, -0.15) is 8.42 Å². The summed E-state index contributed by atoms with van der Waals surface area (Å²) in [4.78, 5) is 0. The van der Waals surface area contributed by atoms with Gasteiger partial charge in [-0.3, -0.25) is 9.03 Å². The van der Waals surface area contributed by atoms with Crippen molar-refractivity contribution < 1.29 is 8.42 Å². The third kappa shape index (κ3) is 1.38. The van der Waals surface area contributed by atoms with Gasteiger partial charge >= 0.3 is 10.2 Å². The highest BCUT2D eigenvalue weighted by atomic mass is 79.9. The molecule has 0 unspecified atom stereocenters. The molecule has 1 aliphatic heterocycles. The highest BCUT2D eigenvalue weighted by Crippen LogP contribution is 2.36. The first-order valence-electron chi connectivity index (χ1n) is 4.14. The molecule has 0 aromatic heterocycles. The van der Waals surface area contributed by atoms with Gasteiger partial charge in [-0.15, -0.1) is 0 Å². The molecule has 0 saturated carbocycles. The van der Waals surface area contributed by atoms with Crippen molar-refractivity contribution in [3.63, 3.8) is 0 Å². The van der Waals surface area contributed by atoms with Crippen molar-refractivity contribution in [2.24, 2.45) is 0 Å². The van der Waals surface area contributed by atoms with E-state index in [0.717, 1.165) is 4.47 Å². The molecule has 2 rings (SSSR count). The Morgan fingerprint density at radius 3 is 2.86 bits per heavy atom. The molecule has 0 saturated heterocycles. The minimum atomic E-state index is -3.35. The maximum atomic E-state index is 11.6. The number of nitrogens with one attached hydrogen (secondary N) is 1. The maximum absolute atomic E-state index is 11.6. The third-order valence-electron chi connectivity index (χ3n) is 2.04. The summed E-state index contributed by atoms with van der Waals surface area (Å²) in [7, 11) is -3.35. The minimum Gasteiger partial charge on any atom is -0.264 e. The van der Waals surface area contributed by atoms with Crippen LogP contribution in [0.5, 0.6) is 0 Å². The second kappa shape index (κ2) is 3.13. The van der Waals surface area contributed by atoms with Crippen LogP contribution in [0.1, 0.15) is 6.92 Å². The average Bonchev–Trinajstić information content (AvgIpc) is 2.33. The molecule has 4 nitrogen and oxygen atoms in total. The molecule has 0 fully saturated rings. The first-order chi connectivity index (χ1) is 6.54. The SMILES string of the molecule is CCN1c2ccc(Br)cc2NS1(=O)=O. The van der Waals surface area contributed by atoms with Crippen molar-refractivity contribution in [3.05, 3.63) is 22.7 Å². The Hall–Kier alpha value is -0.750. The lowest BCUT2D eigenvalue weighted by molar-refractivity contribution is 0.599. The number of halogens is 1. The Morgan fingerprint density at radius 1 is 1.50 bits per heavy atom. The number of hydrogen-bond acceptors (Lipinski definition) is 2. The fourth-order valence-corrected chi connectivity index (χ4v) is 3.14. The van der Waals surface area contributed by atoms with E-state index in [1.807, 2.05) is 6.07 Å². The standard InChI is InChI=1S/C8H9BrN2O2S/c1-2-11-8-4-3-6(9)5-7(8)10-14(11,12)13/h3-5,10H,2H2,1H3. The van der Waals surface area contributed by atoms with Crippen LogP contribution in [0, 0.1) is 0 Å². The molecule has 1 heterocycles. The molecule has 1 aliphatic rings. The number of benzene rings is 1. The van der Waals surface area contributed by atoms with Crippen LogP contribution in [0.25, 0.3) is 0 Å². The lowest BCUT2D eigenvalue weighted by atomic mass is 10.3. The topological polar surface area (TPSA) is 49.4 Å². The van der Waals surface area contributed by atoms with Crippen molar-refractivity contribution in [2.45, 2.75) is 6.92 Å². The summed E-state index contributed by atoms with van der Waals surface area (Å²) in [5.74, 6) is 0. The van der Waals surface area contributed by atoms with Gasteiger partial charge in [0.2, 0.25) is 0 Å². The van der Waals surface area contributed by atoms with Gasteiger partial charge < -0.3 is 0 Å². The zero-order valence-corrected chi connectivity index (χ0v) is 9.89. The van der Waals surface area contributed by atoms with Gasteiger partial charge in [0, 0.05) is 11.0 Å². The Kier molecular flexibility index (Phi) is 2.19. The molecule has 1 N–H and O–H groups in total. The predicted octanol–water partition coefficient (Wildman–Crippen LogP) is 1.95. The molecule has 0 radical (unpaired) electrons. The molecule has 0 aliphatic carbocycles. The summed E-state index contributed by atoms with van der Waals surface area (Å²) in [5.41, 5.74) is 1.33. The van der Waals surface area contributed by atoms with Gasteiger partial charge in [-0.25, -0.2) is 0 Å². The molecule has 0 amide bonds. The van der Waals surface area contributed by atoms with Gasteiger partial charge in [0.15, 0.2) is 0 Å². The number of hydrogen-bond donors (Lipinski definition) is 1. The van der Waals surface area contributed by atoms with Crippen LogP contribution >= 0.6 is 15.9 Å². The quantitative estimate of drug-likeness (QED) is 0.852. The highest BCUT2D eigenvalue weighted by molar-refractivity contribution is 9.10. The summed E-state index contributed by atoms with van der Waals surface area (Å²) >= 11 is 3.29. The van der Waals surface area contributed by atoms with Crippen molar-refractivity contribution in [3.8, 4) is 0 Å². The number of nitrogens with zero attached hydrogens (tertiary/aromatic N) is 1. The summed E-state index contributed by atoms with van der Waals surface area (Å²) < 4.78 is 27.8. The number of fused-ring (bicyclic) bond motifs is 1. The molecule has 14 heavy (non-hydrogen) atoms. The van der Waals surface area contributed by atoms with E-state index in [1.54, 1.807) is 19.1 Å². The Labute approximate surface area is 91.2 Å². The Morgan fingerprint density at radius 2 is 2.21 bits per heavy atom. The number of rotatable bonds is 1. The monoisotopic (exact) mass is 276 g/mol. The molecule has 0 atom stereocenters. The zero-order valence-electron chi connectivity index (χ0n) is 7.49. The molecule has 0 bridgehead atoms. The largest absolute Gasteiger partial charge is 0.324 e. The average molecular weight is 277 g/mol. The van der Waals surface area contributed by atoms with E-state index in [1.165, 1.54) is 4.31 Å². The second-order valence-electron chi connectivity index (χ2n) is 2.93. The first-order valence-corrected chi connectivity index (χ1v) is 6.38. The van der Waals surface area contributed by atoms with Crippen LogP contribution in [-0.4, -0.2) is 15.0 Å². The van der Waals surface area contributed by atoms with Gasteiger partial charge in [0.1, 0.15) is 0 Å². The lowest BCUT2D eigenvalue weighted by Gasteiger charge is -2.13. The lowest BCUT2D eigenvalue weighted by Crippen LogP contribution is -2.29. The molecule has 76 valence electrons. The Bertz CT molecular complexity index is 472. The molecular weight excluding hydrogens is 268 g/mol. The van der Waals surface area contributed by atoms with E-state index in [2.05, 4.69) is 20.7 Å². The second-order valence-corrected chi connectivity index (χ2v) is 5.44. The van der Waals surface area contributed by atoms with Crippen molar-refractivity contribution >= 4 is 37.5 Å². The van der Waals surface area contributed by atoms with E-state index in [9.17, 15) is 8.42 Å². The summed E-state index contributed by atoms with van der Waals surface area (Å²) in [6.45, 7) is 2.24. The van der Waals surface area contributed by atoms with Crippen LogP contribution in [-0.2, 0) is 10.2 Å². The van der Waals surface area contributed by atoms with Crippen LogP contribution < -0.4 is 9.03 Å². The van der Waals surface area contributed by atoms with Crippen molar-refractivity contribution in [1.29, 1.82) is 0 Å². The van der Waals surface area contributed by atoms with Crippen LogP contribution in [0.2, 0.25) is 0 Å².